The summed E-state index contributed by atoms with van der Waals surface area (Å²) in [4.78, 5) is 34.1. The molecule has 2 N–H and O–H groups in total. The Morgan fingerprint density at radius 2 is 2.07 bits per heavy atom. The number of hydrogen-bond acceptors (Lipinski definition) is 4. The number of rotatable bonds is 3. The van der Waals surface area contributed by atoms with E-state index < -0.39 is 29.4 Å². The first kappa shape index (κ1) is 11.6. The van der Waals surface area contributed by atoms with Gasteiger partial charge in [0.25, 0.3) is 0 Å². The minimum Gasteiger partial charge on any atom is -0.480 e. The smallest absolute Gasteiger partial charge is 0.329 e. The summed E-state index contributed by atoms with van der Waals surface area (Å²) in [5.41, 5.74) is -1.48. The van der Waals surface area contributed by atoms with Gasteiger partial charge < -0.3 is 10.2 Å². The van der Waals surface area contributed by atoms with Gasteiger partial charge in [-0.3, -0.25) is 14.5 Å². The standard InChI is InChI=1S/C9H13NO5/c1-5(11)7(13)10-6(12)3-4-9(10,2)8(14)15/h7,13H,3-4H2,1-2H3,(H,14,15)/t7?,9-/m0/s1. The molecule has 1 rings (SSSR count). The van der Waals surface area contributed by atoms with Gasteiger partial charge in [-0.05, 0) is 20.3 Å². The Morgan fingerprint density at radius 1 is 1.53 bits per heavy atom. The van der Waals surface area contributed by atoms with Crippen molar-refractivity contribution in [1.82, 2.24) is 4.90 Å². The first-order valence-corrected chi connectivity index (χ1v) is 4.55. The molecule has 0 aliphatic carbocycles. The van der Waals surface area contributed by atoms with Gasteiger partial charge in [-0.15, -0.1) is 0 Å². The van der Waals surface area contributed by atoms with Crippen molar-refractivity contribution in [3.05, 3.63) is 0 Å². The number of aliphatic hydroxyl groups is 1. The van der Waals surface area contributed by atoms with E-state index >= 15 is 0 Å². The summed E-state index contributed by atoms with van der Waals surface area (Å²) in [5, 5.41) is 18.4. The number of amides is 1. The maximum absolute atomic E-state index is 11.4. The third-order valence-electron chi connectivity index (χ3n) is 2.69. The Labute approximate surface area is 86.5 Å². The molecule has 1 unspecified atom stereocenters. The molecule has 1 heterocycles. The van der Waals surface area contributed by atoms with E-state index in [-0.39, 0.29) is 12.8 Å². The molecule has 1 saturated heterocycles. The molecule has 84 valence electrons. The molecule has 0 bridgehead atoms. The predicted molar refractivity (Wildman–Crippen MR) is 48.8 cm³/mol. The van der Waals surface area contributed by atoms with Crippen LogP contribution in [0.1, 0.15) is 26.7 Å². The van der Waals surface area contributed by atoms with Gasteiger partial charge >= 0.3 is 5.97 Å². The number of ketones is 1. The van der Waals surface area contributed by atoms with Crippen molar-refractivity contribution in [1.29, 1.82) is 0 Å². The number of nitrogens with zero attached hydrogens (tertiary/aromatic N) is 1. The van der Waals surface area contributed by atoms with Crippen molar-refractivity contribution in [3.63, 3.8) is 0 Å². The number of carbonyl (C=O) groups is 3. The van der Waals surface area contributed by atoms with Crippen molar-refractivity contribution >= 4 is 17.7 Å². The first-order valence-electron chi connectivity index (χ1n) is 4.55. The predicted octanol–water partition coefficient (Wildman–Crippen LogP) is -0.641. The third-order valence-corrected chi connectivity index (χ3v) is 2.69. The Bertz CT molecular complexity index is 326. The maximum atomic E-state index is 11.4. The van der Waals surface area contributed by atoms with Crippen LogP contribution in [0.15, 0.2) is 0 Å². The van der Waals surface area contributed by atoms with Crippen LogP contribution in [-0.2, 0) is 14.4 Å². The van der Waals surface area contributed by atoms with Crippen molar-refractivity contribution < 1.29 is 24.6 Å². The highest BCUT2D eigenvalue weighted by Crippen LogP contribution is 2.31. The van der Waals surface area contributed by atoms with Gasteiger partial charge in [0.1, 0.15) is 5.54 Å². The number of carbonyl (C=O) groups excluding carboxylic acids is 2. The second-order valence-electron chi connectivity index (χ2n) is 3.83. The highest BCUT2D eigenvalue weighted by molar-refractivity contribution is 5.94. The lowest BCUT2D eigenvalue weighted by atomic mass is 9.99. The minimum absolute atomic E-state index is 0.0349. The van der Waals surface area contributed by atoms with Gasteiger partial charge in [0, 0.05) is 6.42 Å². The number of carboxylic acid groups (broad SMARTS) is 1. The molecule has 6 heteroatoms. The molecule has 0 saturated carbocycles. The van der Waals surface area contributed by atoms with E-state index in [1.807, 2.05) is 0 Å². The van der Waals surface area contributed by atoms with E-state index in [4.69, 9.17) is 5.11 Å². The van der Waals surface area contributed by atoms with Crippen LogP contribution in [0.5, 0.6) is 0 Å². The average molecular weight is 215 g/mol. The number of hydrogen-bond donors (Lipinski definition) is 2. The van der Waals surface area contributed by atoms with Crippen LogP contribution in [0.3, 0.4) is 0 Å². The highest BCUT2D eigenvalue weighted by Gasteiger charge is 2.51. The Hall–Kier alpha value is -1.43. The lowest BCUT2D eigenvalue weighted by Gasteiger charge is -2.33. The van der Waals surface area contributed by atoms with E-state index in [0.717, 1.165) is 11.8 Å². The topological polar surface area (TPSA) is 94.9 Å². The molecule has 1 amide bonds. The van der Waals surface area contributed by atoms with E-state index in [2.05, 4.69) is 0 Å². The van der Waals surface area contributed by atoms with Gasteiger partial charge in [0.15, 0.2) is 12.0 Å². The quantitative estimate of drug-likeness (QED) is 0.653. The number of Topliss-reactive ketones (excluding diaryl/α,β-unsaturated/α-hetero) is 1. The Kier molecular flexibility index (Phi) is 2.81. The van der Waals surface area contributed by atoms with Gasteiger partial charge in [-0.2, -0.15) is 0 Å². The summed E-state index contributed by atoms with van der Waals surface area (Å²) in [6.45, 7) is 2.44. The van der Waals surface area contributed by atoms with Crippen molar-refractivity contribution in [2.24, 2.45) is 0 Å². The molecule has 1 aliphatic heterocycles. The average Bonchev–Trinajstić information content (AvgIpc) is 2.43. The number of aliphatic hydroxyl groups excluding tert-OH is 1. The summed E-state index contributed by atoms with van der Waals surface area (Å²) >= 11 is 0. The molecule has 0 radical (unpaired) electrons. The van der Waals surface area contributed by atoms with Gasteiger partial charge in [-0.1, -0.05) is 0 Å². The summed E-state index contributed by atoms with van der Waals surface area (Å²) < 4.78 is 0. The zero-order chi connectivity index (χ0) is 11.8. The molecule has 0 aromatic carbocycles. The summed E-state index contributed by atoms with van der Waals surface area (Å²) in [5.74, 6) is -2.37. The first-order chi connectivity index (χ1) is 6.80. The van der Waals surface area contributed by atoms with Crippen molar-refractivity contribution in [2.75, 3.05) is 0 Å². The fraction of sp³-hybridized carbons (Fsp3) is 0.667. The zero-order valence-electron chi connectivity index (χ0n) is 8.56. The lowest BCUT2D eigenvalue weighted by Crippen LogP contribution is -2.56. The van der Waals surface area contributed by atoms with Crippen LogP contribution >= 0.6 is 0 Å². The highest BCUT2D eigenvalue weighted by atomic mass is 16.4. The normalized spacial score (nSPS) is 27.9. The van der Waals surface area contributed by atoms with E-state index in [1.54, 1.807) is 0 Å². The van der Waals surface area contributed by atoms with E-state index in [0.29, 0.717) is 0 Å². The van der Waals surface area contributed by atoms with Crippen LogP contribution in [-0.4, -0.2) is 44.5 Å². The van der Waals surface area contributed by atoms with Crippen molar-refractivity contribution in [3.8, 4) is 0 Å². The maximum Gasteiger partial charge on any atom is 0.329 e. The second kappa shape index (κ2) is 3.62. The molecular weight excluding hydrogens is 202 g/mol. The van der Waals surface area contributed by atoms with Crippen LogP contribution in [0.2, 0.25) is 0 Å². The zero-order valence-corrected chi connectivity index (χ0v) is 8.56. The van der Waals surface area contributed by atoms with Gasteiger partial charge in [-0.25, -0.2) is 4.79 Å². The summed E-state index contributed by atoms with van der Waals surface area (Å²) in [7, 11) is 0. The number of carboxylic acids is 1. The molecule has 1 fully saturated rings. The molecule has 2 atom stereocenters. The van der Waals surface area contributed by atoms with Crippen molar-refractivity contribution in [2.45, 2.75) is 38.5 Å². The molecule has 15 heavy (non-hydrogen) atoms. The monoisotopic (exact) mass is 215 g/mol. The van der Waals surface area contributed by atoms with Crippen LogP contribution < -0.4 is 0 Å². The second-order valence-corrected chi connectivity index (χ2v) is 3.83. The number of likely N-dealkylation sites (tertiary alicyclic amines) is 1. The summed E-state index contributed by atoms with van der Waals surface area (Å²) in [6, 6.07) is 0. The molecule has 0 aromatic rings. The Balaban J connectivity index is 3.06. The lowest BCUT2D eigenvalue weighted by molar-refractivity contribution is -0.167. The fourth-order valence-electron chi connectivity index (χ4n) is 1.66. The SMILES string of the molecule is CC(=O)C(O)N1C(=O)CC[C@@]1(C)C(=O)O. The summed E-state index contributed by atoms with van der Waals surface area (Å²) in [6.07, 6.45) is -1.53. The van der Waals surface area contributed by atoms with Gasteiger partial charge in [0.05, 0.1) is 0 Å². The Morgan fingerprint density at radius 3 is 2.47 bits per heavy atom. The van der Waals surface area contributed by atoms with E-state index in [1.165, 1.54) is 6.92 Å². The molecular formula is C9H13NO5. The van der Waals surface area contributed by atoms with Crippen LogP contribution in [0, 0.1) is 0 Å². The van der Waals surface area contributed by atoms with Crippen LogP contribution in [0.4, 0.5) is 0 Å². The molecule has 0 aromatic heterocycles. The largest absolute Gasteiger partial charge is 0.480 e. The fourth-order valence-corrected chi connectivity index (χ4v) is 1.66. The van der Waals surface area contributed by atoms with E-state index in [9.17, 15) is 19.5 Å². The minimum atomic E-state index is -1.67. The number of aliphatic carboxylic acids is 1. The van der Waals surface area contributed by atoms with Crippen LogP contribution in [0.25, 0.3) is 0 Å². The third kappa shape index (κ3) is 1.72. The van der Waals surface area contributed by atoms with Gasteiger partial charge in [0.2, 0.25) is 5.91 Å². The molecule has 6 nitrogen and oxygen atoms in total. The molecule has 0 spiro atoms. The molecule has 1 aliphatic rings.